The molecule has 1 fully saturated rings. The molecule has 0 aliphatic heterocycles. The lowest BCUT2D eigenvalue weighted by molar-refractivity contribution is -0.141. The molecule has 7 nitrogen and oxygen atoms in total. The van der Waals surface area contributed by atoms with Crippen LogP contribution in [0.1, 0.15) is 47.8 Å². The smallest absolute Gasteiger partial charge is 0.434 e. The first-order valence-corrected chi connectivity index (χ1v) is 11.9. The summed E-state index contributed by atoms with van der Waals surface area (Å²) in [6.07, 6.45) is 2.43. The van der Waals surface area contributed by atoms with Crippen molar-refractivity contribution in [3.05, 3.63) is 71.8 Å². The lowest BCUT2D eigenvalue weighted by Crippen LogP contribution is -2.31. The van der Waals surface area contributed by atoms with E-state index in [0.29, 0.717) is 29.5 Å². The number of fused-ring (bicyclic) bond motifs is 1. The number of alkyl halides is 3. The number of aromatic hydroxyl groups is 1. The zero-order valence-corrected chi connectivity index (χ0v) is 19.8. The summed E-state index contributed by atoms with van der Waals surface area (Å²) in [7, 11) is 0. The number of rotatable bonds is 5. The average molecular weight is 531 g/mol. The van der Waals surface area contributed by atoms with E-state index in [1.807, 2.05) is 16.9 Å². The number of halogens is 5. The van der Waals surface area contributed by atoms with Crippen molar-refractivity contribution < 1.29 is 31.9 Å². The summed E-state index contributed by atoms with van der Waals surface area (Å²) in [5.41, 5.74) is 0.361. The number of benzene rings is 2. The molecule has 0 atom stereocenters. The fraction of sp³-hybridized carbons (Fsp3) is 0.308. The molecule has 0 unspecified atom stereocenters. The maximum absolute atomic E-state index is 13.5. The van der Waals surface area contributed by atoms with Gasteiger partial charge < -0.3 is 10.4 Å². The van der Waals surface area contributed by atoms with Crippen molar-refractivity contribution >= 4 is 16.8 Å². The molecule has 0 spiro atoms. The average Bonchev–Trinajstić information content (AvgIpc) is 3.33. The van der Waals surface area contributed by atoms with Crippen molar-refractivity contribution in [1.29, 1.82) is 0 Å². The molecule has 2 aromatic carbocycles. The summed E-state index contributed by atoms with van der Waals surface area (Å²) in [4.78, 5) is 19.6. The molecule has 1 aliphatic rings. The number of phenols is 1. The van der Waals surface area contributed by atoms with E-state index in [0.717, 1.165) is 49.4 Å². The van der Waals surface area contributed by atoms with Crippen molar-refractivity contribution in [2.24, 2.45) is 5.92 Å². The second-order valence-corrected chi connectivity index (χ2v) is 9.34. The van der Waals surface area contributed by atoms with E-state index in [1.165, 1.54) is 0 Å². The van der Waals surface area contributed by atoms with E-state index in [1.54, 1.807) is 12.1 Å². The molecular formula is C26H22F5N5O2. The number of carbonyl (C=O) groups is 1. The first kappa shape index (κ1) is 25.6. The van der Waals surface area contributed by atoms with Gasteiger partial charge >= 0.3 is 6.18 Å². The van der Waals surface area contributed by atoms with Crippen LogP contribution < -0.4 is 5.32 Å². The molecule has 4 aromatic rings. The van der Waals surface area contributed by atoms with Gasteiger partial charge in [0.25, 0.3) is 5.91 Å². The molecule has 198 valence electrons. The number of hydrogen-bond acceptors (Lipinski definition) is 5. The second-order valence-electron chi connectivity index (χ2n) is 9.34. The van der Waals surface area contributed by atoms with Crippen LogP contribution in [0.5, 0.6) is 5.75 Å². The molecule has 1 amide bonds. The predicted molar refractivity (Wildman–Crippen MR) is 127 cm³/mol. The van der Waals surface area contributed by atoms with Crippen LogP contribution in [-0.4, -0.2) is 37.3 Å². The number of amides is 1. The highest BCUT2D eigenvalue weighted by molar-refractivity contribution is 5.94. The van der Waals surface area contributed by atoms with Gasteiger partial charge in [0, 0.05) is 29.3 Å². The Labute approximate surface area is 213 Å². The minimum atomic E-state index is -4.55. The van der Waals surface area contributed by atoms with Crippen molar-refractivity contribution in [3.63, 3.8) is 0 Å². The molecule has 38 heavy (non-hydrogen) atoms. The fourth-order valence-corrected chi connectivity index (χ4v) is 4.65. The van der Waals surface area contributed by atoms with Gasteiger partial charge in [-0.3, -0.25) is 14.5 Å². The van der Waals surface area contributed by atoms with E-state index in [-0.39, 0.29) is 17.5 Å². The number of aromatic nitrogens is 4. The normalized spacial score (nSPS) is 18.0. The third-order valence-corrected chi connectivity index (χ3v) is 6.78. The summed E-state index contributed by atoms with van der Waals surface area (Å²) >= 11 is 0. The summed E-state index contributed by atoms with van der Waals surface area (Å²) in [6.45, 7) is 0.355. The molecule has 2 N–H and O–H groups in total. The van der Waals surface area contributed by atoms with E-state index in [9.17, 15) is 31.9 Å². The third-order valence-electron chi connectivity index (χ3n) is 6.78. The molecule has 0 saturated heterocycles. The van der Waals surface area contributed by atoms with Gasteiger partial charge in [-0.15, -0.1) is 0 Å². The number of carbonyl (C=O) groups excluding carboxylic acids is 1. The molecule has 5 rings (SSSR count). The van der Waals surface area contributed by atoms with E-state index in [4.69, 9.17) is 0 Å². The number of nitrogens with one attached hydrogen (secondary N) is 1. The van der Waals surface area contributed by atoms with Gasteiger partial charge in [-0.05, 0) is 49.8 Å². The maximum atomic E-state index is 13.5. The lowest BCUT2D eigenvalue weighted by Gasteiger charge is -2.28. The van der Waals surface area contributed by atoms with E-state index >= 15 is 0 Å². The van der Waals surface area contributed by atoms with Crippen LogP contribution in [-0.2, 0) is 6.18 Å². The zero-order valence-electron chi connectivity index (χ0n) is 19.8. The quantitative estimate of drug-likeness (QED) is 0.325. The molecule has 1 aliphatic carbocycles. The summed E-state index contributed by atoms with van der Waals surface area (Å²) in [5.74, 6) is -3.92. The molecule has 2 heterocycles. The Morgan fingerprint density at radius 1 is 1.03 bits per heavy atom. The van der Waals surface area contributed by atoms with Crippen LogP contribution in [0.3, 0.4) is 0 Å². The number of phenolic OH excluding ortho intramolecular Hbond substituents is 1. The highest BCUT2D eigenvalue weighted by atomic mass is 19.4. The fourth-order valence-electron chi connectivity index (χ4n) is 4.65. The standard InChI is InChI=1S/C26H22F5N5O2/c27-19-7-17(8-20(28)24(19)37)25(38)34-10-14-1-5-18(6-2-14)36-13-16-4-3-15(9-21(16)35-36)22-11-33-23(12-32-22)26(29,30)31/h3-4,7-9,11-14,18,37H,1-2,5-6,10H2,(H,34,38). The molecular weight excluding hydrogens is 509 g/mol. The van der Waals surface area contributed by atoms with Crippen molar-refractivity contribution in [1.82, 2.24) is 25.1 Å². The highest BCUT2D eigenvalue weighted by Gasteiger charge is 2.32. The topological polar surface area (TPSA) is 92.9 Å². The van der Waals surface area contributed by atoms with Crippen molar-refractivity contribution in [2.45, 2.75) is 37.9 Å². The van der Waals surface area contributed by atoms with Crippen LogP contribution in [0.2, 0.25) is 0 Å². The van der Waals surface area contributed by atoms with Crippen molar-refractivity contribution in [2.75, 3.05) is 6.54 Å². The Morgan fingerprint density at radius 3 is 2.37 bits per heavy atom. The minimum absolute atomic E-state index is 0.143. The molecule has 2 aromatic heterocycles. The van der Waals surface area contributed by atoms with Crippen LogP contribution in [0, 0.1) is 17.6 Å². The number of nitrogens with zero attached hydrogens (tertiary/aromatic N) is 4. The summed E-state index contributed by atoms with van der Waals surface area (Å²) < 4.78 is 67.2. The largest absolute Gasteiger partial charge is 0.503 e. The first-order valence-electron chi connectivity index (χ1n) is 11.9. The van der Waals surface area contributed by atoms with E-state index < -0.39 is 35.2 Å². The molecule has 1 saturated carbocycles. The van der Waals surface area contributed by atoms with Gasteiger partial charge in [0.15, 0.2) is 23.1 Å². The Balaban J connectivity index is 1.19. The Hall–Kier alpha value is -4.09. The lowest BCUT2D eigenvalue weighted by atomic mass is 9.86. The van der Waals surface area contributed by atoms with Crippen LogP contribution in [0.15, 0.2) is 48.9 Å². The van der Waals surface area contributed by atoms with Gasteiger partial charge in [0.1, 0.15) is 0 Å². The molecule has 0 radical (unpaired) electrons. The summed E-state index contributed by atoms with van der Waals surface area (Å²) in [5, 5.41) is 17.4. The maximum Gasteiger partial charge on any atom is 0.434 e. The Kier molecular flexibility index (Phi) is 6.72. The number of hydrogen-bond donors (Lipinski definition) is 2. The molecule has 12 heteroatoms. The van der Waals surface area contributed by atoms with Crippen LogP contribution >= 0.6 is 0 Å². The highest BCUT2D eigenvalue weighted by Crippen LogP contribution is 2.33. The van der Waals surface area contributed by atoms with Gasteiger partial charge in [-0.2, -0.15) is 18.3 Å². The van der Waals surface area contributed by atoms with Gasteiger partial charge in [-0.1, -0.05) is 12.1 Å². The predicted octanol–water partition coefficient (Wildman–Crippen LogP) is 5.66. The SMILES string of the molecule is O=C(NCC1CCC(n2cc3ccc(-c4cnc(C(F)(F)F)cn4)cc3n2)CC1)c1cc(F)c(O)c(F)c1. The summed E-state index contributed by atoms with van der Waals surface area (Å²) in [6, 6.07) is 7.09. The van der Waals surface area contributed by atoms with E-state index in [2.05, 4.69) is 20.4 Å². The second kappa shape index (κ2) is 9.99. The Morgan fingerprint density at radius 2 is 1.74 bits per heavy atom. The first-order chi connectivity index (χ1) is 18.1. The minimum Gasteiger partial charge on any atom is -0.503 e. The van der Waals surface area contributed by atoms with Crippen LogP contribution in [0.4, 0.5) is 22.0 Å². The van der Waals surface area contributed by atoms with Crippen LogP contribution in [0.25, 0.3) is 22.2 Å². The van der Waals surface area contributed by atoms with Gasteiger partial charge in [0.05, 0.1) is 29.6 Å². The van der Waals surface area contributed by atoms with Crippen molar-refractivity contribution in [3.8, 4) is 17.0 Å². The Bertz CT molecular complexity index is 1450. The zero-order chi connectivity index (χ0) is 27.0. The molecule has 0 bridgehead atoms. The third kappa shape index (κ3) is 5.29. The van der Waals surface area contributed by atoms with Gasteiger partial charge in [0.2, 0.25) is 0 Å². The van der Waals surface area contributed by atoms with Gasteiger partial charge in [-0.25, -0.2) is 13.8 Å². The monoisotopic (exact) mass is 531 g/mol.